The highest BCUT2D eigenvalue weighted by Crippen LogP contribution is 2.30. The minimum atomic E-state index is -4.53. The summed E-state index contributed by atoms with van der Waals surface area (Å²) in [5.74, 6) is -0.635. The second kappa shape index (κ2) is 10.2. The second-order valence-corrected chi connectivity index (χ2v) is 8.78. The number of amides is 1. The van der Waals surface area contributed by atoms with Gasteiger partial charge in [-0.05, 0) is 48.9 Å². The summed E-state index contributed by atoms with van der Waals surface area (Å²) in [5.41, 5.74) is 3.83. The molecule has 0 aliphatic carbocycles. The van der Waals surface area contributed by atoms with Crippen molar-refractivity contribution in [2.24, 2.45) is 0 Å². The van der Waals surface area contributed by atoms with E-state index in [9.17, 15) is 18.0 Å². The molecule has 4 aromatic rings. The lowest BCUT2D eigenvalue weighted by molar-refractivity contribution is -0.137. The molecule has 190 valence electrons. The zero-order chi connectivity index (χ0) is 26.0. The van der Waals surface area contributed by atoms with Gasteiger partial charge in [0.15, 0.2) is 0 Å². The minimum Gasteiger partial charge on any atom is -0.371 e. The maximum atomic E-state index is 13.0. The summed E-state index contributed by atoms with van der Waals surface area (Å²) in [4.78, 5) is 17.0. The summed E-state index contributed by atoms with van der Waals surface area (Å²) in [6, 6.07) is 11.6. The summed E-state index contributed by atoms with van der Waals surface area (Å²) >= 11 is 0. The van der Waals surface area contributed by atoms with E-state index >= 15 is 0 Å². The number of carbonyl (C=O) groups excluding carboxylic acids is 1. The van der Waals surface area contributed by atoms with Crippen LogP contribution >= 0.6 is 0 Å². The fourth-order valence-electron chi connectivity index (χ4n) is 4.15. The molecular formula is C27H24F3N5O2. The van der Waals surface area contributed by atoms with Gasteiger partial charge in [0.25, 0.3) is 5.91 Å². The molecule has 1 aliphatic rings. The van der Waals surface area contributed by atoms with Crippen LogP contribution in [0.25, 0.3) is 16.8 Å². The Morgan fingerprint density at radius 1 is 1.11 bits per heavy atom. The Morgan fingerprint density at radius 2 is 1.97 bits per heavy atom. The van der Waals surface area contributed by atoms with E-state index in [-0.39, 0.29) is 11.7 Å². The largest absolute Gasteiger partial charge is 0.416 e. The van der Waals surface area contributed by atoms with Crippen LogP contribution in [-0.4, -0.2) is 40.4 Å². The van der Waals surface area contributed by atoms with Crippen molar-refractivity contribution >= 4 is 11.6 Å². The first kappa shape index (κ1) is 24.7. The normalized spacial score (nSPS) is 15.9. The Kier molecular flexibility index (Phi) is 6.77. The van der Waals surface area contributed by atoms with E-state index in [1.54, 1.807) is 35.4 Å². The molecule has 1 fully saturated rings. The number of hydrogen-bond acceptors (Lipinski definition) is 5. The third-order valence-corrected chi connectivity index (χ3v) is 6.14. The number of pyridine rings is 1. The highest BCUT2D eigenvalue weighted by atomic mass is 19.4. The van der Waals surface area contributed by atoms with Crippen molar-refractivity contribution in [1.29, 1.82) is 0 Å². The maximum Gasteiger partial charge on any atom is 0.416 e. The van der Waals surface area contributed by atoms with Gasteiger partial charge in [0.1, 0.15) is 0 Å². The quantitative estimate of drug-likeness (QED) is 0.389. The molecule has 7 nitrogen and oxygen atoms in total. The molecule has 5 rings (SSSR count). The molecule has 2 N–H and O–H groups in total. The molecule has 0 radical (unpaired) electrons. The van der Waals surface area contributed by atoms with Gasteiger partial charge in [-0.15, -0.1) is 0 Å². The lowest BCUT2D eigenvalue weighted by Gasteiger charge is -2.23. The predicted octanol–water partition coefficient (Wildman–Crippen LogP) is 5.17. The molecule has 1 unspecified atom stereocenters. The molecule has 1 saturated heterocycles. The SMILES string of the molecule is Cc1ccc(NC(=O)c2cccc(C(F)(F)F)c2)cc1-n1cc(-c2cncc(C3CNCCO3)c2)cn1. The third kappa shape index (κ3) is 5.55. The Morgan fingerprint density at radius 3 is 2.76 bits per heavy atom. The van der Waals surface area contributed by atoms with Crippen LogP contribution in [0.3, 0.4) is 0 Å². The van der Waals surface area contributed by atoms with E-state index in [2.05, 4.69) is 20.7 Å². The monoisotopic (exact) mass is 507 g/mol. The van der Waals surface area contributed by atoms with Gasteiger partial charge in [-0.1, -0.05) is 12.1 Å². The number of alkyl halides is 3. The van der Waals surface area contributed by atoms with Gasteiger partial charge in [-0.25, -0.2) is 4.68 Å². The molecule has 0 bridgehead atoms. The zero-order valence-corrected chi connectivity index (χ0v) is 19.9. The highest BCUT2D eigenvalue weighted by molar-refractivity contribution is 6.04. The predicted molar refractivity (Wildman–Crippen MR) is 132 cm³/mol. The maximum absolute atomic E-state index is 13.0. The first-order chi connectivity index (χ1) is 17.8. The van der Waals surface area contributed by atoms with Crippen LogP contribution in [0.4, 0.5) is 18.9 Å². The van der Waals surface area contributed by atoms with Crippen molar-refractivity contribution in [2.45, 2.75) is 19.2 Å². The number of aromatic nitrogens is 3. The molecule has 3 heterocycles. The number of nitrogens with one attached hydrogen (secondary N) is 2. The third-order valence-electron chi connectivity index (χ3n) is 6.14. The van der Waals surface area contributed by atoms with Crippen molar-refractivity contribution < 1.29 is 22.7 Å². The van der Waals surface area contributed by atoms with Crippen molar-refractivity contribution in [3.8, 4) is 16.8 Å². The van der Waals surface area contributed by atoms with Gasteiger partial charge in [0.2, 0.25) is 0 Å². The molecule has 37 heavy (non-hydrogen) atoms. The first-order valence-corrected chi connectivity index (χ1v) is 11.7. The molecule has 0 saturated carbocycles. The summed E-state index contributed by atoms with van der Waals surface area (Å²) in [7, 11) is 0. The molecule has 0 spiro atoms. The molecule has 1 atom stereocenters. The smallest absolute Gasteiger partial charge is 0.371 e. The fraction of sp³-hybridized carbons (Fsp3) is 0.222. The van der Waals surface area contributed by atoms with Crippen molar-refractivity contribution in [3.05, 3.63) is 95.6 Å². The van der Waals surface area contributed by atoms with Gasteiger partial charge in [0.05, 0.1) is 30.2 Å². The van der Waals surface area contributed by atoms with E-state index in [0.29, 0.717) is 12.3 Å². The van der Waals surface area contributed by atoms with E-state index in [1.807, 2.05) is 25.3 Å². The summed E-state index contributed by atoms with van der Waals surface area (Å²) in [5, 5.41) is 10.5. The second-order valence-electron chi connectivity index (χ2n) is 8.78. The van der Waals surface area contributed by atoms with Crippen LogP contribution in [0.1, 0.15) is 33.2 Å². The van der Waals surface area contributed by atoms with Crippen molar-refractivity contribution in [1.82, 2.24) is 20.1 Å². The number of halogens is 3. The average molecular weight is 508 g/mol. The van der Waals surface area contributed by atoms with Crippen LogP contribution in [0.5, 0.6) is 0 Å². The molecule has 2 aromatic heterocycles. The van der Waals surface area contributed by atoms with Crippen LogP contribution in [-0.2, 0) is 10.9 Å². The Balaban J connectivity index is 1.37. The molecule has 2 aromatic carbocycles. The Bertz CT molecular complexity index is 1430. The minimum absolute atomic E-state index is 0.0596. The lowest BCUT2D eigenvalue weighted by Crippen LogP contribution is -2.33. The molecule has 1 aliphatic heterocycles. The van der Waals surface area contributed by atoms with Crippen molar-refractivity contribution in [2.75, 3.05) is 25.0 Å². The number of rotatable bonds is 5. The summed E-state index contributed by atoms with van der Waals surface area (Å²) < 4.78 is 46.6. The molecule has 10 heteroatoms. The first-order valence-electron chi connectivity index (χ1n) is 11.7. The van der Waals surface area contributed by atoms with E-state index in [4.69, 9.17) is 4.74 Å². The number of benzene rings is 2. The number of morpholine rings is 1. The number of nitrogens with zero attached hydrogens (tertiary/aromatic N) is 3. The average Bonchev–Trinajstić information content (AvgIpc) is 3.40. The van der Waals surface area contributed by atoms with E-state index in [0.717, 1.165) is 53.2 Å². The number of anilines is 1. The summed E-state index contributed by atoms with van der Waals surface area (Å²) in [6.45, 7) is 4.11. The van der Waals surface area contributed by atoms with E-state index < -0.39 is 17.6 Å². The standard InChI is InChI=1S/C27H24F3N5O2/c1-17-5-6-23(34-26(36)18-3-2-4-22(10-18)27(28,29)30)11-24(17)35-16-21(14-33-35)19-9-20(13-32-12-19)25-15-31-7-8-37-25/h2-6,9-14,16,25,31H,7-8,15H2,1H3,(H,34,36). The van der Waals surface area contributed by atoms with Gasteiger partial charge in [0, 0.05) is 59.6 Å². The Hall–Kier alpha value is -4.02. The van der Waals surface area contributed by atoms with Crippen molar-refractivity contribution in [3.63, 3.8) is 0 Å². The van der Waals surface area contributed by atoms with Gasteiger partial charge in [-0.3, -0.25) is 9.78 Å². The zero-order valence-electron chi connectivity index (χ0n) is 19.9. The Labute approximate surface area is 211 Å². The summed E-state index contributed by atoms with van der Waals surface area (Å²) in [6.07, 6.45) is 2.57. The van der Waals surface area contributed by atoms with E-state index in [1.165, 1.54) is 12.1 Å². The molecule has 1 amide bonds. The molecular weight excluding hydrogens is 483 g/mol. The van der Waals surface area contributed by atoms with Crippen LogP contribution in [0.2, 0.25) is 0 Å². The number of ether oxygens (including phenoxy) is 1. The van der Waals surface area contributed by atoms with Crippen LogP contribution in [0, 0.1) is 6.92 Å². The number of aryl methyl sites for hydroxylation is 1. The topological polar surface area (TPSA) is 81.1 Å². The van der Waals surface area contributed by atoms with Crippen LogP contribution in [0.15, 0.2) is 73.3 Å². The van der Waals surface area contributed by atoms with Gasteiger partial charge in [-0.2, -0.15) is 18.3 Å². The van der Waals surface area contributed by atoms with Gasteiger partial charge < -0.3 is 15.4 Å². The van der Waals surface area contributed by atoms with Gasteiger partial charge >= 0.3 is 6.18 Å². The number of hydrogen-bond donors (Lipinski definition) is 2. The fourth-order valence-corrected chi connectivity index (χ4v) is 4.15. The highest BCUT2D eigenvalue weighted by Gasteiger charge is 2.31. The number of carbonyl (C=O) groups is 1. The lowest BCUT2D eigenvalue weighted by atomic mass is 10.1. The van der Waals surface area contributed by atoms with Crippen LogP contribution < -0.4 is 10.6 Å².